The molecule has 0 saturated carbocycles. The van der Waals surface area contributed by atoms with Crippen LogP contribution in [-0.2, 0) is 27.0 Å². The molecule has 3 aromatic rings. The van der Waals surface area contributed by atoms with E-state index in [4.69, 9.17) is 14.2 Å². The number of fused-ring (bicyclic) bond motifs is 1. The van der Waals surface area contributed by atoms with Crippen molar-refractivity contribution in [2.24, 2.45) is 0 Å². The van der Waals surface area contributed by atoms with Crippen molar-refractivity contribution in [2.45, 2.75) is 37.2 Å². The minimum absolute atomic E-state index is 0.0165. The predicted octanol–water partition coefficient (Wildman–Crippen LogP) is 4.64. The molecule has 5 rings (SSSR count). The van der Waals surface area contributed by atoms with Crippen molar-refractivity contribution in [1.82, 2.24) is 9.97 Å². The first kappa shape index (κ1) is 25.2. The number of ether oxygens (including phenoxy) is 3. The molecule has 0 spiro atoms. The van der Waals surface area contributed by atoms with Gasteiger partial charge in [-0.3, -0.25) is 0 Å². The Morgan fingerprint density at radius 3 is 2.35 bits per heavy atom. The van der Waals surface area contributed by atoms with Crippen LogP contribution < -0.4 is 0 Å². The fraction of sp³-hybridized carbons (Fsp3) is 0.296. The van der Waals surface area contributed by atoms with Crippen LogP contribution in [0.3, 0.4) is 0 Å². The number of nitrogens with one attached hydrogen (secondary N) is 1. The Balaban J connectivity index is 1.41. The Morgan fingerprint density at radius 1 is 0.919 bits per heavy atom. The number of aromatic amines is 1. The molecule has 0 radical (unpaired) electrons. The lowest BCUT2D eigenvalue weighted by Gasteiger charge is -2.15. The summed E-state index contributed by atoms with van der Waals surface area (Å²) in [6.45, 7) is 0.394. The van der Waals surface area contributed by atoms with Crippen molar-refractivity contribution in [1.29, 1.82) is 0 Å². The van der Waals surface area contributed by atoms with Gasteiger partial charge in [0.15, 0.2) is 0 Å². The van der Waals surface area contributed by atoms with E-state index < -0.39 is 36.2 Å². The Hall–Kier alpha value is -3.44. The van der Waals surface area contributed by atoms with Crippen LogP contribution in [0.25, 0.3) is 22.3 Å². The first-order valence-corrected chi connectivity index (χ1v) is 11.7. The van der Waals surface area contributed by atoms with Crippen molar-refractivity contribution < 1.29 is 37.6 Å². The maximum absolute atomic E-state index is 14.0. The monoisotopic (exact) mass is 514 g/mol. The van der Waals surface area contributed by atoms with E-state index in [9.17, 15) is 23.4 Å². The summed E-state index contributed by atoms with van der Waals surface area (Å²) in [5.74, 6) is 0.383. The van der Waals surface area contributed by atoms with Gasteiger partial charge >= 0.3 is 6.18 Å². The Morgan fingerprint density at radius 2 is 1.62 bits per heavy atom. The number of nitrogens with zero attached hydrogens (tertiary/aromatic N) is 1. The normalized spacial score (nSPS) is 23.0. The number of aromatic nitrogens is 2. The fourth-order valence-electron chi connectivity index (χ4n) is 4.54. The zero-order valence-corrected chi connectivity index (χ0v) is 19.6. The molecule has 2 fully saturated rings. The van der Waals surface area contributed by atoms with Crippen LogP contribution >= 0.6 is 0 Å². The van der Waals surface area contributed by atoms with Gasteiger partial charge in [-0.05, 0) is 34.9 Å². The number of H-pyrrole nitrogens is 1. The zero-order chi connectivity index (χ0) is 26.0. The third-order valence-electron chi connectivity index (χ3n) is 6.39. The fourth-order valence-corrected chi connectivity index (χ4v) is 4.54. The van der Waals surface area contributed by atoms with Crippen molar-refractivity contribution in [3.05, 3.63) is 84.4 Å². The minimum Gasteiger partial charge on any atom is -0.507 e. The van der Waals surface area contributed by atoms with Crippen molar-refractivity contribution in [2.75, 3.05) is 13.2 Å². The third kappa shape index (κ3) is 5.47. The van der Waals surface area contributed by atoms with Gasteiger partial charge in [0.2, 0.25) is 0 Å². The molecular weight excluding hydrogens is 489 g/mol. The molecule has 2 aliphatic heterocycles. The van der Waals surface area contributed by atoms with Crippen LogP contribution in [0.5, 0.6) is 5.75 Å². The summed E-state index contributed by atoms with van der Waals surface area (Å²) in [4.78, 5) is 7.02. The smallest absolute Gasteiger partial charge is 0.417 e. The van der Waals surface area contributed by atoms with Crippen LogP contribution in [-0.4, -0.2) is 57.8 Å². The molecule has 2 saturated heterocycles. The van der Waals surface area contributed by atoms with Gasteiger partial charge in [0.25, 0.3) is 0 Å². The van der Waals surface area contributed by atoms with Gasteiger partial charge < -0.3 is 29.4 Å². The second-order valence-electron chi connectivity index (χ2n) is 8.80. The topological polar surface area (TPSA) is 96.8 Å². The van der Waals surface area contributed by atoms with E-state index in [2.05, 4.69) is 9.97 Å². The number of benzene rings is 2. The summed E-state index contributed by atoms with van der Waals surface area (Å²) in [5.41, 5.74) is 0.701. The highest BCUT2D eigenvalue weighted by Gasteiger charge is 2.47. The predicted molar refractivity (Wildman–Crippen MR) is 128 cm³/mol. The van der Waals surface area contributed by atoms with Gasteiger partial charge in [-0.1, -0.05) is 42.5 Å². The average Bonchev–Trinajstić information content (AvgIpc) is 3.47. The summed E-state index contributed by atoms with van der Waals surface area (Å²) < 4.78 is 58.9. The number of alkyl halides is 3. The lowest BCUT2D eigenvalue weighted by atomic mass is 9.98. The highest BCUT2D eigenvalue weighted by atomic mass is 19.4. The van der Waals surface area contributed by atoms with E-state index in [1.54, 1.807) is 48.5 Å². The van der Waals surface area contributed by atoms with E-state index in [0.29, 0.717) is 22.5 Å². The number of halogens is 3. The van der Waals surface area contributed by atoms with E-state index in [0.717, 1.165) is 6.07 Å². The SMILES string of the molecule is Oc1ccccc1-c1ccc(-c2ccnc(COC3COC4C(O)COC34)[nH]ccc2C(F)(F)F)cc1. The lowest BCUT2D eigenvalue weighted by Crippen LogP contribution is -2.32. The third-order valence-corrected chi connectivity index (χ3v) is 6.39. The molecule has 1 aromatic heterocycles. The molecule has 0 bridgehead atoms. The van der Waals surface area contributed by atoms with Crippen molar-refractivity contribution in [3.63, 3.8) is 0 Å². The number of phenolic OH excluding ortho intramolecular Hbond substituents is 1. The molecule has 2 aliphatic rings. The van der Waals surface area contributed by atoms with Crippen LogP contribution in [0, 0.1) is 0 Å². The quantitative estimate of drug-likeness (QED) is 0.459. The zero-order valence-electron chi connectivity index (χ0n) is 19.6. The molecule has 7 nitrogen and oxygen atoms in total. The molecule has 0 aliphatic carbocycles. The van der Waals surface area contributed by atoms with Gasteiger partial charge in [-0.2, -0.15) is 13.2 Å². The maximum Gasteiger partial charge on any atom is 0.417 e. The molecule has 3 N–H and O–H groups in total. The number of rotatable bonds is 5. The number of aliphatic hydroxyl groups is 1. The van der Waals surface area contributed by atoms with Gasteiger partial charge in [0, 0.05) is 18.0 Å². The molecule has 37 heavy (non-hydrogen) atoms. The second kappa shape index (κ2) is 10.5. The first-order chi connectivity index (χ1) is 17.8. The number of phenols is 1. The van der Waals surface area contributed by atoms with Gasteiger partial charge in [0.1, 0.15) is 42.6 Å². The van der Waals surface area contributed by atoms with Crippen LogP contribution in [0.15, 0.2) is 73.1 Å². The summed E-state index contributed by atoms with van der Waals surface area (Å²) in [7, 11) is 0. The molecule has 4 atom stereocenters. The summed E-state index contributed by atoms with van der Waals surface area (Å²) in [6.07, 6.45) is -4.12. The Bertz CT molecular complexity index is 1290. The van der Waals surface area contributed by atoms with E-state index in [1.165, 1.54) is 18.5 Å². The van der Waals surface area contributed by atoms with Crippen LogP contribution in [0.2, 0.25) is 0 Å². The lowest BCUT2D eigenvalue weighted by molar-refractivity contribution is -0.137. The largest absolute Gasteiger partial charge is 0.507 e. The number of para-hydroxylation sites is 1. The number of hydrogen-bond donors (Lipinski definition) is 3. The van der Waals surface area contributed by atoms with Crippen LogP contribution in [0.4, 0.5) is 13.2 Å². The van der Waals surface area contributed by atoms with Gasteiger partial charge in [-0.25, -0.2) is 4.98 Å². The molecule has 10 heteroatoms. The first-order valence-electron chi connectivity index (χ1n) is 11.7. The molecule has 3 heterocycles. The summed E-state index contributed by atoms with van der Waals surface area (Å²) in [6, 6.07) is 15.5. The highest BCUT2D eigenvalue weighted by molar-refractivity contribution is 5.74. The number of hydrogen-bond acceptors (Lipinski definition) is 6. The molecule has 0 amide bonds. The molecule has 4 unspecified atom stereocenters. The Kier molecular flexibility index (Phi) is 7.16. The summed E-state index contributed by atoms with van der Waals surface area (Å²) >= 11 is 0. The number of aromatic hydroxyl groups is 1. The standard InChI is InChI=1S/C27H25F3N2O5/c28-27(29,30)20-10-12-32-24(15-35-23-14-37-25-22(34)13-36-26(23)25)31-11-9-18(20)16-5-7-17(8-6-16)19-3-1-2-4-21(19)33/h1-12,22-23,25-26,33-34H,13-15H2,(H,31,32). The Labute approximate surface area is 210 Å². The molecule has 194 valence electrons. The second-order valence-corrected chi connectivity index (χ2v) is 8.80. The van der Waals surface area contributed by atoms with E-state index >= 15 is 0 Å². The van der Waals surface area contributed by atoms with E-state index in [1.807, 2.05) is 0 Å². The minimum atomic E-state index is -4.62. The van der Waals surface area contributed by atoms with Crippen LogP contribution in [0.1, 0.15) is 11.4 Å². The van der Waals surface area contributed by atoms with Crippen molar-refractivity contribution >= 4 is 0 Å². The number of aliphatic hydroxyl groups excluding tert-OH is 1. The van der Waals surface area contributed by atoms with Crippen molar-refractivity contribution in [3.8, 4) is 28.0 Å². The van der Waals surface area contributed by atoms with Gasteiger partial charge in [0.05, 0.1) is 18.8 Å². The van der Waals surface area contributed by atoms with Gasteiger partial charge in [-0.15, -0.1) is 0 Å². The molecule has 2 aromatic carbocycles. The maximum atomic E-state index is 14.0. The molecular formula is C27H25F3N2O5. The van der Waals surface area contributed by atoms with E-state index in [-0.39, 0.29) is 31.1 Å². The highest BCUT2D eigenvalue weighted by Crippen LogP contribution is 2.37. The summed E-state index contributed by atoms with van der Waals surface area (Å²) in [5, 5.41) is 20.0. The average molecular weight is 515 g/mol.